The Morgan fingerprint density at radius 3 is 2.65 bits per heavy atom. The molecular formula is C26H33N3OS. The maximum absolute atomic E-state index is 12.9. The average Bonchev–Trinajstić information content (AvgIpc) is 2.77. The molecule has 0 spiro atoms. The first-order valence-electron chi connectivity index (χ1n) is 11.2. The number of benzene rings is 1. The minimum absolute atomic E-state index is 0.0514. The highest BCUT2D eigenvalue weighted by molar-refractivity contribution is 8.00. The van der Waals surface area contributed by atoms with Gasteiger partial charge in [-0.15, -0.1) is 0 Å². The van der Waals surface area contributed by atoms with Crippen molar-refractivity contribution in [3.63, 3.8) is 0 Å². The van der Waals surface area contributed by atoms with Crippen molar-refractivity contribution in [1.82, 2.24) is 4.98 Å². The third-order valence-corrected chi connectivity index (χ3v) is 8.09. The standard InChI is InChI=1S/C26H33N3OS/c1-6-23(24(30)28-21-11-8-17(3)9-12-21)31-25-19(16-27)14-18-15-20(26(4,5)7-2)10-13-22(18)29-25/h8-9,11-12,14,20,23H,6-7,10,13,15H2,1-5H3,(H,28,30). The first-order chi connectivity index (χ1) is 14.8. The lowest BCUT2D eigenvalue weighted by Gasteiger charge is -2.37. The number of carbonyl (C=O) groups excluding carboxylic acids is 1. The van der Waals surface area contributed by atoms with Gasteiger partial charge in [-0.05, 0) is 67.7 Å². The van der Waals surface area contributed by atoms with E-state index in [1.807, 2.05) is 44.2 Å². The van der Waals surface area contributed by atoms with Crippen LogP contribution in [0.3, 0.4) is 0 Å². The monoisotopic (exact) mass is 435 g/mol. The van der Waals surface area contributed by atoms with E-state index in [9.17, 15) is 10.1 Å². The fourth-order valence-electron chi connectivity index (χ4n) is 4.09. The molecule has 5 heteroatoms. The number of hydrogen-bond donors (Lipinski definition) is 1. The van der Waals surface area contributed by atoms with Crippen LogP contribution in [0.5, 0.6) is 0 Å². The van der Waals surface area contributed by atoms with Gasteiger partial charge in [0.25, 0.3) is 0 Å². The normalized spacial score (nSPS) is 16.8. The number of anilines is 1. The summed E-state index contributed by atoms with van der Waals surface area (Å²) in [5.41, 5.74) is 5.12. The zero-order valence-electron chi connectivity index (χ0n) is 19.3. The Kier molecular flexibility index (Phi) is 7.43. The van der Waals surface area contributed by atoms with Gasteiger partial charge in [-0.2, -0.15) is 5.26 Å². The summed E-state index contributed by atoms with van der Waals surface area (Å²) >= 11 is 1.41. The lowest BCUT2D eigenvalue weighted by atomic mass is 9.69. The second-order valence-corrected chi connectivity index (χ2v) is 10.4. The molecule has 164 valence electrons. The summed E-state index contributed by atoms with van der Waals surface area (Å²) < 4.78 is 0. The van der Waals surface area contributed by atoms with Crippen molar-refractivity contribution in [2.45, 2.75) is 77.0 Å². The summed E-state index contributed by atoms with van der Waals surface area (Å²) in [6.07, 6.45) is 4.86. The largest absolute Gasteiger partial charge is 0.325 e. The molecule has 0 fully saturated rings. The maximum atomic E-state index is 12.9. The number of nitriles is 1. The number of nitrogens with one attached hydrogen (secondary N) is 1. The minimum Gasteiger partial charge on any atom is -0.325 e. The highest BCUT2D eigenvalue weighted by Gasteiger charge is 2.32. The molecule has 1 aliphatic carbocycles. The number of aryl methyl sites for hydroxylation is 2. The van der Waals surface area contributed by atoms with E-state index in [2.05, 4.69) is 32.2 Å². The summed E-state index contributed by atoms with van der Waals surface area (Å²) in [5.74, 6) is 0.560. The Hall–Kier alpha value is -2.32. The van der Waals surface area contributed by atoms with Crippen LogP contribution < -0.4 is 5.32 Å². The van der Waals surface area contributed by atoms with Gasteiger partial charge in [-0.25, -0.2) is 4.98 Å². The van der Waals surface area contributed by atoms with E-state index in [4.69, 9.17) is 4.98 Å². The number of fused-ring (bicyclic) bond motifs is 1. The zero-order valence-corrected chi connectivity index (χ0v) is 20.1. The number of nitrogens with zero attached hydrogens (tertiary/aromatic N) is 2. The fraction of sp³-hybridized carbons (Fsp3) is 0.500. The van der Waals surface area contributed by atoms with Crippen LogP contribution in [0, 0.1) is 29.6 Å². The molecule has 1 aromatic carbocycles. The van der Waals surface area contributed by atoms with Gasteiger partial charge in [0.05, 0.1) is 10.8 Å². The molecule has 3 rings (SSSR count). The molecule has 1 aliphatic rings. The Balaban J connectivity index is 1.78. The van der Waals surface area contributed by atoms with Crippen molar-refractivity contribution >= 4 is 23.4 Å². The van der Waals surface area contributed by atoms with Crippen molar-refractivity contribution in [2.75, 3.05) is 5.32 Å². The van der Waals surface area contributed by atoms with Gasteiger partial charge in [0, 0.05) is 11.4 Å². The van der Waals surface area contributed by atoms with E-state index < -0.39 is 0 Å². The maximum Gasteiger partial charge on any atom is 0.237 e. The van der Waals surface area contributed by atoms with Crippen molar-refractivity contribution in [2.24, 2.45) is 11.3 Å². The SMILES string of the molecule is CCC(Sc1nc2c(cc1C#N)CC(C(C)(C)CC)CC2)C(=O)Nc1ccc(C)cc1. The number of thioether (sulfide) groups is 1. The predicted molar refractivity (Wildman–Crippen MR) is 128 cm³/mol. The van der Waals surface area contributed by atoms with Crippen molar-refractivity contribution in [3.05, 3.63) is 52.7 Å². The van der Waals surface area contributed by atoms with E-state index in [-0.39, 0.29) is 11.2 Å². The highest BCUT2D eigenvalue weighted by atomic mass is 32.2. The highest BCUT2D eigenvalue weighted by Crippen LogP contribution is 2.40. The Morgan fingerprint density at radius 2 is 2.03 bits per heavy atom. The summed E-state index contributed by atoms with van der Waals surface area (Å²) in [5, 5.41) is 13.2. The van der Waals surface area contributed by atoms with Crippen LogP contribution in [0.2, 0.25) is 0 Å². The van der Waals surface area contributed by atoms with Gasteiger partial charge in [-0.3, -0.25) is 4.79 Å². The molecule has 0 saturated heterocycles. The van der Waals surface area contributed by atoms with Crippen LogP contribution in [0.25, 0.3) is 0 Å². The van der Waals surface area contributed by atoms with Gasteiger partial charge in [0.2, 0.25) is 5.91 Å². The quantitative estimate of drug-likeness (QED) is 0.517. The van der Waals surface area contributed by atoms with Crippen LogP contribution in [0.1, 0.15) is 69.3 Å². The molecule has 0 saturated carbocycles. The first-order valence-corrected chi connectivity index (χ1v) is 12.1. The van der Waals surface area contributed by atoms with E-state index in [1.165, 1.54) is 17.3 Å². The topological polar surface area (TPSA) is 65.8 Å². The zero-order chi connectivity index (χ0) is 22.6. The van der Waals surface area contributed by atoms with E-state index in [0.29, 0.717) is 28.3 Å². The van der Waals surface area contributed by atoms with E-state index in [1.54, 1.807) is 0 Å². The average molecular weight is 436 g/mol. The molecule has 2 aromatic rings. The lowest BCUT2D eigenvalue weighted by Crippen LogP contribution is -2.29. The second kappa shape index (κ2) is 9.87. The molecule has 2 atom stereocenters. The number of hydrogen-bond acceptors (Lipinski definition) is 4. The Morgan fingerprint density at radius 1 is 1.32 bits per heavy atom. The summed E-state index contributed by atoms with van der Waals surface area (Å²) in [6, 6.07) is 12.1. The summed E-state index contributed by atoms with van der Waals surface area (Å²) in [7, 11) is 0. The van der Waals surface area contributed by atoms with Gasteiger partial charge in [0.1, 0.15) is 11.1 Å². The summed E-state index contributed by atoms with van der Waals surface area (Å²) in [6.45, 7) is 10.9. The minimum atomic E-state index is -0.297. The molecular weight excluding hydrogens is 402 g/mol. The van der Waals surface area contributed by atoms with Crippen LogP contribution >= 0.6 is 11.8 Å². The Labute approximate surface area is 190 Å². The molecule has 1 N–H and O–H groups in total. The predicted octanol–water partition coefficient (Wildman–Crippen LogP) is 6.31. The molecule has 0 bridgehead atoms. The molecule has 1 aromatic heterocycles. The smallest absolute Gasteiger partial charge is 0.237 e. The number of amides is 1. The molecule has 0 radical (unpaired) electrons. The molecule has 1 heterocycles. The molecule has 0 aliphatic heterocycles. The number of aromatic nitrogens is 1. The van der Waals surface area contributed by atoms with Crippen LogP contribution in [0.15, 0.2) is 35.4 Å². The van der Waals surface area contributed by atoms with Gasteiger partial charge >= 0.3 is 0 Å². The van der Waals surface area contributed by atoms with Crippen molar-refractivity contribution < 1.29 is 4.79 Å². The number of rotatable bonds is 7. The molecule has 2 unspecified atom stereocenters. The van der Waals surface area contributed by atoms with Crippen LogP contribution in [-0.4, -0.2) is 16.1 Å². The second-order valence-electron chi connectivity index (χ2n) is 9.21. The number of carbonyl (C=O) groups is 1. The Bertz CT molecular complexity index is 975. The van der Waals surface area contributed by atoms with Crippen LogP contribution in [-0.2, 0) is 17.6 Å². The third kappa shape index (κ3) is 5.49. The first kappa shape index (κ1) is 23.3. The summed E-state index contributed by atoms with van der Waals surface area (Å²) in [4.78, 5) is 17.7. The third-order valence-electron chi connectivity index (χ3n) is 6.73. The van der Waals surface area contributed by atoms with Gasteiger partial charge in [0.15, 0.2) is 0 Å². The lowest BCUT2D eigenvalue weighted by molar-refractivity contribution is -0.115. The van der Waals surface area contributed by atoms with Gasteiger partial charge < -0.3 is 5.32 Å². The van der Waals surface area contributed by atoms with Crippen molar-refractivity contribution in [3.8, 4) is 6.07 Å². The molecule has 31 heavy (non-hydrogen) atoms. The van der Waals surface area contributed by atoms with Crippen LogP contribution in [0.4, 0.5) is 5.69 Å². The van der Waals surface area contributed by atoms with Gasteiger partial charge in [-0.1, -0.05) is 63.6 Å². The molecule has 4 nitrogen and oxygen atoms in total. The van der Waals surface area contributed by atoms with E-state index in [0.717, 1.165) is 42.6 Å². The fourth-order valence-corrected chi connectivity index (χ4v) is 5.08. The van der Waals surface area contributed by atoms with E-state index >= 15 is 0 Å². The number of pyridine rings is 1. The van der Waals surface area contributed by atoms with Crippen molar-refractivity contribution in [1.29, 1.82) is 5.26 Å². The molecule has 1 amide bonds.